The molecule has 0 aliphatic rings. The summed E-state index contributed by atoms with van der Waals surface area (Å²) < 4.78 is 15.1. The van der Waals surface area contributed by atoms with Crippen molar-refractivity contribution in [1.29, 1.82) is 0 Å². The van der Waals surface area contributed by atoms with Crippen molar-refractivity contribution < 1.29 is 23.8 Å². The zero-order valence-corrected chi connectivity index (χ0v) is 12.5. The van der Waals surface area contributed by atoms with E-state index in [2.05, 4.69) is 5.32 Å². The van der Waals surface area contributed by atoms with Gasteiger partial charge in [-0.15, -0.1) is 0 Å². The molecule has 0 saturated heterocycles. The quantitative estimate of drug-likeness (QED) is 0.684. The molecule has 0 aliphatic heterocycles. The minimum absolute atomic E-state index is 0.146. The second kappa shape index (κ2) is 8.33. The summed E-state index contributed by atoms with van der Waals surface area (Å²) in [4.78, 5) is 22.7. The highest BCUT2D eigenvalue weighted by molar-refractivity contribution is 6.32. The third kappa shape index (κ3) is 5.13. The van der Waals surface area contributed by atoms with E-state index < -0.39 is 5.91 Å². The fraction of sp³-hybridized carbons (Fsp3) is 0.385. The first kappa shape index (κ1) is 17.1. The van der Waals surface area contributed by atoms with Crippen molar-refractivity contribution in [1.82, 2.24) is 5.32 Å². The van der Waals surface area contributed by atoms with Crippen LogP contribution >= 0.6 is 11.6 Å². The lowest BCUT2D eigenvalue weighted by atomic mass is 10.2. The van der Waals surface area contributed by atoms with Gasteiger partial charge in [0.15, 0.2) is 18.1 Å². The van der Waals surface area contributed by atoms with Gasteiger partial charge in [0.25, 0.3) is 11.8 Å². The molecule has 1 aromatic carbocycles. The summed E-state index contributed by atoms with van der Waals surface area (Å²) in [7, 11) is 2.94. The van der Waals surface area contributed by atoms with E-state index in [4.69, 9.17) is 31.5 Å². The molecule has 1 rings (SSSR count). The Bertz CT molecular complexity index is 522. The average Bonchev–Trinajstić information content (AvgIpc) is 2.45. The van der Waals surface area contributed by atoms with Crippen molar-refractivity contribution in [2.45, 2.75) is 0 Å². The van der Waals surface area contributed by atoms with Crippen LogP contribution in [0.2, 0.25) is 5.02 Å². The number of methoxy groups -OCH3 is 2. The van der Waals surface area contributed by atoms with Crippen molar-refractivity contribution in [3.8, 4) is 11.5 Å². The molecular weight excluding hydrogens is 300 g/mol. The van der Waals surface area contributed by atoms with E-state index in [-0.39, 0.29) is 29.0 Å². The predicted molar refractivity (Wildman–Crippen MR) is 76.9 cm³/mol. The molecule has 0 heterocycles. The molecule has 0 atom stereocenters. The van der Waals surface area contributed by atoms with Crippen LogP contribution in [0.1, 0.15) is 10.4 Å². The highest BCUT2D eigenvalue weighted by Crippen LogP contribution is 2.36. The summed E-state index contributed by atoms with van der Waals surface area (Å²) in [5.74, 6) is -0.574. The number of ether oxygens (including phenoxy) is 3. The Balaban J connectivity index is 2.92. The molecule has 0 radical (unpaired) electrons. The highest BCUT2D eigenvalue weighted by Gasteiger charge is 2.16. The van der Waals surface area contributed by atoms with Crippen LogP contribution in [-0.4, -0.2) is 45.8 Å². The van der Waals surface area contributed by atoms with Crippen molar-refractivity contribution in [2.75, 3.05) is 34.0 Å². The molecule has 0 aliphatic carbocycles. The first-order chi connectivity index (χ1) is 9.99. The van der Waals surface area contributed by atoms with Gasteiger partial charge in [0, 0.05) is 19.2 Å². The maximum Gasteiger partial charge on any atom is 0.255 e. The Morgan fingerprint density at radius 1 is 1.33 bits per heavy atom. The van der Waals surface area contributed by atoms with Crippen molar-refractivity contribution in [3.05, 3.63) is 22.7 Å². The van der Waals surface area contributed by atoms with Gasteiger partial charge in [-0.05, 0) is 12.1 Å². The van der Waals surface area contributed by atoms with Gasteiger partial charge in [0.05, 0.1) is 18.7 Å². The lowest BCUT2D eigenvalue weighted by Crippen LogP contribution is -2.27. The Morgan fingerprint density at radius 2 is 2.05 bits per heavy atom. The van der Waals surface area contributed by atoms with Crippen LogP contribution in [0.5, 0.6) is 11.5 Å². The number of benzene rings is 1. The van der Waals surface area contributed by atoms with Crippen LogP contribution in [0.25, 0.3) is 0 Å². The standard InChI is InChI=1S/C13H17ClN2O5/c1-19-4-3-16-13(18)8-5-9(14)12(10(6-8)20-2)21-7-11(15)17/h5-6H,3-4,7H2,1-2H3,(H2,15,17)(H,16,18). The Kier molecular flexibility index (Phi) is 6.77. The van der Waals surface area contributed by atoms with Crippen LogP contribution in [0.4, 0.5) is 0 Å². The Labute approximate surface area is 127 Å². The molecule has 0 spiro atoms. The lowest BCUT2D eigenvalue weighted by Gasteiger charge is -2.13. The largest absolute Gasteiger partial charge is 0.493 e. The molecule has 2 amide bonds. The monoisotopic (exact) mass is 316 g/mol. The van der Waals surface area contributed by atoms with Crippen LogP contribution in [0.15, 0.2) is 12.1 Å². The topological polar surface area (TPSA) is 99.9 Å². The highest BCUT2D eigenvalue weighted by atomic mass is 35.5. The summed E-state index contributed by atoms with van der Waals surface area (Å²) >= 11 is 6.04. The molecule has 21 heavy (non-hydrogen) atoms. The predicted octanol–water partition coefficient (Wildman–Crippen LogP) is 0.589. The number of carbonyl (C=O) groups is 2. The van der Waals surface area contributed by atoms with Gasteiger partial charge in [-0.3, -0.25) is 9.59 Å². The molecule has 0 saturated carbocycles. The fourth-order valence-electron chi connectivity index (χ4n) is 1.50. The number of rotatable bonds is 8. The zero-order valence-electron chi connectivity index (χ0n) is 11.8. The molecule has 3 N–H and O–H groups in total. The average molecular weight is 317 g/mol. The molecule has 7 nitrogen and oxygen atoms in total. The molecule has 0 fully saturated rings. The molecule has 0 unspecified atom stereocenters. The SMILES string of the molecule is COCCNC(=O)c1cc(Cl)c(OCC(N)=O)c(OC)c1. The second-order valence-electron chi connectivity index (χ2n) is 3.99. The number of carbonyl (C=O) groups excluding carboxylic acids is 2. The van der Waals surface area contributed by atoms with E-state index in [1.165, 1.54) is 26.4 Å². The van der Waals surface area contributed by atoms with E-state index in [0.717, 1.165) is 0 Å². The van der Waals surface area contributed by atoms with Gasteiger partial charge in [-0.1, -0.05) is 11.6 Å². The van der Waals surface area contributed by atoms with Gasteiger partial charge >= 0.3 is 0 Å². The van der Waals surface area contributed by atoms with Crippen molar-refractivity contribution in [2.24, 2.45) is 5.73 Å². The number of nitrogens with one attached hydrogen (secondary N) is 1. The molecule has 8 heteroatoms. The number of nitrogens with two attached hydrogens (primary N) is 1. The van der Waals surface area contributed by atoms with E-state index in [9.17, 15) is 9.59 Å². The molecule has 0 aromatic heterocycles. The van der Waals surface area contributed by atoms with Crippen molar-refractivity contribution in [3.63, 3.8) is 0 Å². The van der Waals surface area contributed by atoms with Crippen LogP contribution in [0, 0.1) is 0 Å². The molecular formula is C13H17ClN2O5. The van der Waals surface area contributed by atoms with E-state index in [1.807, 2.05) is 0 Å². The molecule has 0 bridgehead atoms. The van der Waals surface area contributed by atoms with Gasteiger partial charge in [0.1, 0.15) is 0 Å². The van der Waals surface area contributed by atoms with E-state index in [0.29, 0.717) is 18.7 Å². The summed E-state index contributed by atoms with van der Waals surface area (Å²) in [6.45, 7) is 0.432. The Morgan fingerprint density at radius 3 is 2.62 bits per heavy atom. The van der Waals surface area contributed by atoms with E-state index in [1.54, 1.807) is 0 Å². The normalized spacial score (nSPS) is 10.0. The molecule has 116 valence electrons. The Hall–Kier alpha value is -1.99. The van der Waals surface area contributed by atoms with E-state index >= 15 is 0 Å². The molecule has 1 aromatic rings. The zero-order chi connectivity index (χ0) is 15.8. The second-order valence-corrected chi connectivity index (χ2v) is 4.40. The maximum absolute atomic E-state index is 11.9. The minimum atomic E-state index is -0.644. The number of primary amides is 1. The van der Waals surface area contributed by atoms with Gasteiger partial charge in [-0.25, -0.2) is 0 Å². The maximum atomic E-state index is 11.9. The fourth-order valence-corrected chi connectivity index (χ4v) is 1.77. The summed E-state index contributed by atoms with van der Waals surface area (Å²) in [5.41, 5.74) is 5.31. The third-order valence-corrected chi connectivity index (χ3v) is 2.72. The first-order valence-electron chi connectivity index (χ1n) is 6.05. The van der Waals surface area contributed by atoms with Crippen molar-refractivity contribution >= 4 is 23.4 Å². The number of halogens is 1. The lowest BCUT2D eigenvalue weighted by molar-refractivity contribution is -0.119. The number of hydrogen-bond donors (Lipinski definition) is 2. The number of amides is 2. The van der Waals surface area contributed by atoms with Crippen LogP contribution in [0.3, 0.4) is 0 Å². The smallest absolute Gasteiger partial charge is 0.255 e. The van der Waals surface area contributed by atoms with Gasteiger partial charge in [-0.2, -0.15) is 0 Å². The van der Waals surface area contributed by atoms with Crippen LogP contribution in [-0.2, 0) is 9.53 Å². The summed E-state index contributed by atoms with van der Waals surface area (Å²) in [5, 5.41) is 2.80. The van der Waals surface area contributed by atoms with Crippen LogP contribution < -0.4 is 20.5 Å². The first-order valence-corrected chi connectivity index (χ1v) is 6.43. The van der Waals surface area contributed by atoms with Gasteiger partial charge in [0.2, 0.25) is 0 Å². The third-order valence-electron chi connectivity index (χ3n) is 2.44. The summed E-state index contributed by atoms with van der Waals surface area (Å²) in [6.07, 6.45) is 0. The number of hydrogen-bond acceptors (Lipinski definition) is 5. The minimum Gasteiger partial charge on any atom is -0.493 e. The summed E-state index contributed by atoms with van der Waals surface area (Å²) in [6, 6.07) is 2.88. The van der Waals surface area contributed by atoms with Gasteiger partial charge < -0.3 is 25.3 Å².